The van der Waals surface area contributed by atoms with Crippen LogP contribution in [0.3, 0.4) is 0 Å². The zero-order valence-corrected chi connectivity index (χ0v) is 10.8. The highest BCUT2D eigenvalue weighted by Gasteiger charge is 2.27. The minimum Gasteiger partial charge on any atom is -0.346 e. The van der Waals surface area contributed by atoms with Crippen LogP contribution in [-0.4, -0.2) is 25.2 Å². The minimum absolute atomic E-state index is 0.0998. The third kappa shape index (κ3) is 6.24. The van der Waals surface area contributed by atoms with Crippen molar-refractivity contribution in [1.29, 1.82) is 0 Å². The number of amides is 1. The maximum Gasteiger partial charge on any atom is 0.405 e. The number of alkyl halides is 3. The Balaban J connectivity index is 2.35. The minimum atomic E-state index is -4.38. The van der Waals surface area contributed by atoms with Crippen LogP contribution in [0.5, 0.6) is 0 Å². The van der Waals surface area contributed by atoms with Crippen LogP contribution in [-0.2, 0) is 4.79 Å². The van der Waals surface area contributed by atoms with E-state index in [4.69, 9.17) is 0 Å². The van der Waals surface area contributed by atoms with E-state index in [1.54, 1.807) is 0 Å². The largest absolute Gasteiger partial charge is 0.405 e. The van der Waals surface area contributed by atoms with Gasteiger partial charge in [0.05, 0.1) is 6.54 Å². The molecule has 0 spiro atoms. The summed E-state index contributed by atoms with van der Waals surface area (Å²) in [6.07, 6.45) is -4.38. The average Bonchev–Trinajstić information content (AvgIpc) is 2.33. The lowest BCUT2D eigenvalue weighted by atomic mass is 10.1. The van der Waals surface area contributed by atoms with Gasteiger partial charge in [0.1, 0.15) is 6.54 Å². The van der Waals surface area contributed by atoms with E-state index in [-0.39, 0.29) is 12.6 Å². The maximum atomic E-state index is 11.9. The highest BCUT2D eigenvalue weighted by Crippen LogP contribution is 2.13. The molecule has 0 saturated heterocycles. The fourth-order valence-electron chi connectivity index (χ4n) is 1.48. The molecule has 0 aliphatic carbocycles. The first-order valence-corrected chi connectivity index (χ1v) is 5.91. The van der Waals surface area contributed by atoms with Crippen molar-refractivity contribution in [2.45, 2.75) is 26.1 Å². The number of nitrogens with one attached hydrogen (secondary N) is 2. The predicted octanol–water partition coefficient (Wildman–Crippen LogP) is 2.32. The topological polar surface area (TPSA) is 41.1 Å². The number of rotatable bonds is 5. The molecular weight excluding hydrogens is 257 g/mol. The molecule has 0 unspecified atom stereocenters. The van der Waals surface area contributed by atoms with Gasteiger partial charge in [-0.2, -0.15) is 13.2 Å². The highest BCUT2D eigenvalue weighted by molar-refractivity contribution is 5.78. The Morgan fingerprint density at radius 3 is 2.37 bits per heavy atom. The molecule has 1 rings (SSSR count). The second-order valence-electron chi connectivity index (χ2n) is 4.41. The van der Waals surface area contributed by atoms with E-state index in [1.165, 1.54) is 0 Å². The SMILES string of the molecule is Cc1ccc([C@H](C)NCC(=O)NCC(F)(F)F)cc1. The Kier molecular flexibility index (Phi) is 5.35. The maximum absolute atomic E-state index is 11.9. The Morgan fingerprint density at radius 1 is 1.26 bits per heavy atom. The van der Waals surface area contributed by atoms with Crippen molar-refractivity contribution in [3.05, 3.63) is 35.4 Å². The highest BCUT2D eigenvalue weighted by atomic mass is 19.4. The lowest BCUT2D eigenvalue weighted by molar-refractivity contribution is -0.137. The lowest BCUT2D eigenvalue weighted by Crippen LogP contribution is -2.39. The van der Waals surface area contributed by atoms with Gasteiger partial charge in [-0.05, 0) is 19.4 Å². The quantitative estimate of drug-likeness (QED) is 0.865. The van der Waals surface area contributed by atoms with E-state index in [2.05, 4.69) is 5.32 Å². The van der Waals surface area contributed by atoms with Crippen LogP contribution in [0.4, 0.5) is 13.2 Å². The number of aryl methyl sites for hydroxylation is 1. The van der Waals surface area contributed by atoms with E-state index < -0.39 is 18.6 Å². The van der Waals surface area contributed by atoms with Gasteiger partial charge in [0.2, 0.25) is 5.91 Å². The molecule has 106 valence electrons. The summed E-state index contributed by atoms with van der Waals surface area (Å²) in [7, 11) is 0. The van der Waals surface area contributed by atoms with Crippen molar-refractivity contribution in [3.8, 4) is 0 Å². The number of halogens is 3. The molecule has 3 nitrogen and oxygen atoms in total. The Morgan fingerprint density at radius 2 is 1.84 bits per heavy atom. The molecule has 0 saturated carbocycles. The molecule has 0 fully saturated rings. The molecule has 1 aromatic rings. The van der Waals surface area contributed by atoms with Gasteiger partial charge in [0, 0.05) is 6.04 Å². The molecule has 0 aliphatic heterocycles. The van der Waals surface area contributed by atoms with Crippen molar-refractivity contribution >= 4 is 5.91 Å². The molecule has 1 atom stereocenters. The van der Waals surface area contributed by atoms with Crippen molar-refractivity contribution in [1.82, 2.24) is 10.6 Å². The molecule has 2 N–H and O–H groups in total. The molecule has 1 amide bonds. The summed E-state index contributed by atoms with van der Waals surface area (Å²) in [5.74, 6) is -0.670. The molecule has 0 aromatic heterocycles. The van der Waals surface area contributed by atoms with E-state index in [9.17, 15) is 18.0 Å². The molecule has 1 aromatic carbocycles. The summed E-state index contributed by atoms with van der Waals surface area (Å²) >= 11 is 0. The summed E-state index contributed by atoms with van der Waals surface area (Å²) in [6.45, 7) is 2.37. The molecule has 6 heteroatoms. The summed E-state index contributed by atoms with van der Waals surface area (Å²) in [5, 5.41) is 4.69. The summed E-state index contributed by atoms with van der Waals surface area (Å²) < 4.78 is 35.6. The van der Waals surface area contributed by atoms with Gasteiger partial charge >= 0.3 is 6.18 Å². The second-order valence-corrected chi connectivity index (χ2v) is 4.41. The Labute approximate surface area is 110 Å². The Bertz CT molecular complexity index is 415. The normalized spacial score (nSPS) is 13.1. The van der Waals surface area contributed by atoms with E-state index in [1.807, 2.05) is 43.4 Å². The number of benzene rings is 1. The third-order valence-corrected chi connectivity index (χ3v) is 2.63. The number of hydrogen-bond acceptors (Lipinski definition) is 2. The third-order valence-electron chi connectivity index (χ3n) is 2.63. The predicted molar refractivity (Wildman–Crippen MR) is 66.7 cm³/mol. The fourth-order valence-corrected chi connectivity index (χ4v) is 1.48. The van der Waals surface area contributed by atoms with Crippen LogP contribution >= 0.6 is 0 Å². The van der Waals surface area contributed by atoms with Crippen LogP contribution in [0.1, 0.15) is 24.1 Å². The molecular formula is C13H17F3N2O. The van der Waals surface area contributed by atoms with Gasteiger partial charge in [-0.25, -0.2) is 0 Å². The standard InChI is InChI=1S/C13H17F3N2O/c1-9-3-5-11(6-4-9)10(2)17-7-12(19)18-8-13(14,15)16/h3-6,10,17H,7-8H2,1-2H3,(H,18,19)/t10-/m0/s1. The van der Waals surface area contributed by atoms with Crippen LogP contribution in [0.25, 0.3) is 0 Å². The van der Waals surface area contributed by atoms with Crippen molar-refractivity contribution in [2.75, 3.05) is 13.1 Å². The van der Waals surface area contributed by atoms with Gasteiger partial charge in [-0.1, -0.05) is 29.8 Å². The first-order valence-electron chi connectivity index (χ1n) is 5.91. The first kappa shape index (κ1) is 15.5. The van der Waals surface area contributed by atoms with Gasteiger partial charge in [0.15, 0.2) is 0 Å². The molecule has 19 heavy (non-hydrogen) atoms. The van der Waals surface area contributed by atoms with Gasteiger partial charge in [-0.15, -0.1) is 0 Å². The second kappa shape index (κ2) is 6.56. The summed E-state index contributed by atoms with van der Waals surface area (Å²) in [5.41, 5.74) is 2.10. The summed E-state index contributed by atoms with van der Waals surface area (Å²) in [6, 6.07) is 7.62. The van der Waals surface area contributed by atoms with E-state index in [0.29, 0.717) is 0 Å². The number of carbonyl (C=O) groups excluding carboxylic acids is 1. The molecule has 0 bridgehead atoms. The Hall–Kier alpha value is -1.56. The average molecular weight is 274 g/mol. The van der Waals surface area contributed by atoms with Crippen LogP contribution < -0.4 is 10.6 Å². The van der Waals surface area contributed by atoms with Crippen LogP contribution in [0, 0.1) is 6.92 Å². The summed E-state index contributed by atoms with van der Waals surface area (Å²) in [4.78, 5) is 11.2. The fraction of sp³-hybridized carbons (Fsp3) is 0.462. The molecule has 0 radical (unpaired) electrons. The van der Waals surface area contributed by atoms with E-state index in [0.717, 1.165) is 11.1 Å². The number of hydrogen-bond donors (Lipinski definition) is 2. The van der Waals surface area contributed by atoms with Crippen LogP contribution in [0.2, 0.25) is 0 Å². The molecule has 0 aliphatic rings. The monoisotopic (exact) mass is 274 g/mol. The number of carbonyl (C=O) groups is 1. The first-order chi connectivity index (χ1) is 8.78. The molecule has 0 heterocycles. The zero-order chi connectivity index (χ0) is 14.5. The van der Waals surface area contributed by atoms with Gasteiger partial charge in [0.25, 0.3) is 0 Å². The lowest BCUT2D eigenvalue weighted by Gasteiger charge is -2.15. The van der Waals surface area contributed by atoms with Gasteiger partial charge < -0.3 is 10.6 Å². The van der Waals surface area contributed by atoms with E-state index >= 15 is 0 Å². The van der Waals surface area contributed by atoms with Crippen LogP contribution in [0.15, 0.2) is 24.3 Å². The van der Waals surface area contributed by atoms with Crippen molar-refractivity contribution in [3.63, 3.8) is 0 Å². The van der Waals surface area contributed by atoms with Crippen molar-refractivity contribution < 1.29 is 18.0 Å². The zero-order valence-electron chi connectivity index (χ0n) is 10.8. The smallest absolute Gasteiger partial charge is 0.346 e. The van der Waals surface area contributed by atoms with Crippen molar-refractivity contribution in [2.24, 2.45) is 0 Å². The van der Waals surface area contributed by atoms with Gasteiger partial charge in [-0.3, -0.25) is 4.79 Å².